The molecule has 0 saturated carbocycles. The van der Waals surface area contributed by atoms with Crippen molar-refractivity contribution in [3.63, 3.8) is 0 Å². The van der Waals surface area contributed by atoms with Crippen molar-refractivity contribution in [1.82, 2.24) is 33.9 Å². The molecule has 0 unspecified atom stereocenters. The molecule has 138 valence electrons. The molecule has 7 heteroatoms. The smallest absolute Gasteiger partial charge is 0.164 e. The van der Waals surface area contributed by atoms with Crippen LogP contribution in [0.5, 0.6) is 0 Å². The van der Waals surface area contributed by atoms with Gasteiger partial charge in [-0.3, -0.25) is 4.68 Å². The summed E-state index contributed by atoms with van der Waals surface area (Å²) in [5.41, 5.74) is 4.78. The molecule has 4 aromatic heterocycles. The van der Waals surface area contributed by atoms with Crippen LogP contribution in [-0.4, -0.2) is 33.9 Å². The zero-order valence-corrected chi connectivity index (χ0v) is 15.4. The molecule has 0 bridgehead atoms. The molecular formula is C21H19N7. The van der Waals surface area contributed by atoms with Gasteiger partial charge in [0.2, 0.25) is 0 Å². The third-order valence-electron chi connectivity index (χ3n) is 4.86. The second-order valence-electron chi connectivity index (χ2n) is 6.74. The van der Waals surface area contributed by atoms with E-state index in [1.54, 1.807) is 16.9 Å². The highest BCUT2D eigenvalue weighted by Crippen LogP contribution is 2.35. The van der Waals surface area contributed by atoms with Crippen LogP contribution >= 0.6 is 0 Å². The summed E-state index contributed by atoms with van der Waals surface area (Å²) in [6.07, 6.45) is 11.2. The molecule has 0 fully saturated rings. The Balaban J connectivity index is 1.69. The van der Waals surface area contributed by atoms with Crippen LogP contribution in [0.3, 0.4) is 0 Å². The van der Waals surface area contributed by atoms with Crippen molar-refractivity contribution in [1.29, 1.82) is 0 Å². The van der Waals surface area contributed by atoms with Gasteiger partial charge in [-0.15, -0.1) is 0 Å². The van der Waals surface area contributed by atoms with Crippen molar-refractivity contribution < 1.29 is 0 Å². The Morgan fingerprint density at radius 1 is 0.929 bits per heavy atom. The second kappa shape index (κ2) is 6.77. The zero-order chi connectivity index (χ0) is 18.9. The van der Waals surface area contributed by atoms with Crippen LogP contribution in [0.2, 0.25) is 0 Å². The van der Waals surface area contributed by atoms with Gasteiger partial charge >= 0.3 is 0 Å². The molecule has 0 aliphatic carbocycles. The molecule has 7 nitrogen and oxygen atoms in total. The fraction of sp³-hybridized carbons (Fsp3) is 0.143. The molecule has 28 heavy (non-hydrogen) atoms. The number of aromatic nitrogens is 7. The second-order valence-corrected chi connectivity index (χ2v) is 6.74. The summed E-state index contributed by atoms with van der Waals surface area (Å²) in [7, 11) is 0. The van der Waals surface area contributed by atoms with Gasteiger partial charge in [0.1, 0.15) is 0 Å². The van der Waals surface area contributed by atoms with E-state index in [1.165, 1.54) is 0 Å². The van der Waals surface area contributed by atoms with Gasteiger partial charge in [0.25, 0.3) is 0 Å². The first kappa shape index (κ1) is 16.4. The quantitative estimate of drug-likeness (QED) is 0.474. The van der Waals surface area contributed by atoms with Gasteiger partial charge in [0, 0.05) is 30.4 Å². The number of rotatable bonds is 5. The minimum absolute atomic E-state index is 0.151. The van der Waals surface area contributed by atoms with Crippen LogP contribution < -0.4 is 0 Å². The van der Waals surface area contributed by atoms with Crippen LogP contribution in [0.25, 0.3) is 28.2 Å². The molecule has 0 saturated heterocycles. The molecule has 1 aromatic carbocycles. The van der Waals surface area contributed by atoms with Gasteiger partial charge in [-0.05, 0) is 19.1 Å². The molecule has 0 radical (unpaired) electrons. The number of nitrogens with zero attached hydrogens (tertiary/aromatic N) is 7. The largest absolute Gasteiger partial charge is 0.325 e. The van der Waals surface area contributed by atoms with Crippen molar-refractivity contribution in [2.75, 3.05) is 0 Å². The molecule has 5 rings (SSSR count). The van der Waals surface area contributed by atoms with E-state index in [9.17, 15) is 0 Å². The van der Waals surface area contributed by atoms with E-state index in [1.807, 2.05) is 59.9 Å². The minimum atomic E-state index is 0.151. The van der Waals surface area contributed by atoms with Gasteiger partial charge in [0.15, 0.2) is 5.65 Å². The lowest BCUT2D eigenvalue weighted by molar-refractivity contribution is 0.440. The summed E-state index contributed by atoms with van der Waals surface area (Å²) < 4.78 is 5.92. The monoisotopic (exact) mass is 369 g/mol. The van der Waals surface area contributed by atoms with E-state index in [2.05, 4.69) is 38.8 Å². The number of benzene rings is 1. The van der Waals surface area contributed by atoms with Crippen LogP contribution in [0.1, 0.15) is 13.0 Å². The molecule has 0 aliphatic heterocycles. The summed E-state index contributed by atoms with van der Waals surface area (Å²) in [6.45, 7) is 2.91. The number of hydrogen-bond acceptors (Lipinski definition) is 4. The number of fused-ring (bicyclic) bond motifs is 1. The summed E-state index contributed by atoms with van der Waals surface area (Å²) >= 11 is 0. The lowest BCUT2D eigenvalue weighted by Crippen LogP contribution is -2.14. The Labute approximate surface area is 161 Å². The topological polar surface area (TPSA) is 65.8 Å². The maximum absolute atomic E-state index is 4.77. The van der Waals surface area contributed by atoms with Crippen molar-refractivity contribution in [3.8, 4) is 22.5 Å². The van der Waals surface area contributed by atoms with Gasteiger partial charge in [-0.25, -0.2) is 14.5 Å². The number of hydrogen-bond donors (Lipinski definition) is 0. The highest BCUT2D eigenvalue weighted by molar-refractivity contribution is 5.85. The fourth-order valence-electron chi connectivity index (χ4n) is 3.53. The van der Waals surface area contributed by atoms with Crippen LogP contribution in [0, 0.1) is 0 Å². The Morgan fingerprint density at radius 2 is 1.79 bits per heavy atom. The molecule has 4 heterocycles. The molecule has 5 aromatic rings. The van der Waals surface area contributed by atoms with E-state index in [0.29, 0.717) is 0 Å². The maximum atomic E-state index is 4.77. The molecular weight excluding hydrogens is 350 g/mol. The molecule has 0 spiro atoms. The van der Waals surface area contributed by atoms with Gasteiger partial charge in [-0.1, -0.05) is 30.3 Å². The lowest BCUT2D eigenvalue weighted by Gasteiger charge is -2.17. The third kappa shape index (κ3) is 2.77. The standard InChI is InChI=1S/C21H19N7/c1-16(14-26-11-6-10-24-26)27-15-23-19(17-7-3-2-4-8-17)20(27)18-13-25-28-12-5-9-22-21(18)28/h2-13,15-16H,14H2,1H3/t16-/m0/s1. The number of imidazole rings is 1. The predicted molar refractivity (Wildman–Crippen MR) is 107 cm³/mol. The van der Waals surface area contributed by atoms with Gasteiger partial charge in [-0.2, -0.15) is 10.2 Å². The van der Waals surface area contributed by atoms with Gasteiger partial charge in [0.05, 0.1) is 42.1 Å². The van der Waals surface area contributed by atoms with Crippen molar-refractivity contribution in [3.05, 3.63) is 79.8 Å². The average Bonchev–Trinajstić information content (AvgIpc) is 3.47. The molecule has 1 atom stereocenters. The van der Waals surface area contributed by atoms with E-state index in [0.717, 1.165) is 34.7 Å². The summed E-state index contributed by atoms with van der Waals surface area (Å²) in [5.74, 6) is 0. The minimum Gasteiger partial charge on any atom is -0.325 e. The molecule has 0 aliphatic rings. The zero-order valence-electron chi connectivity index (χ0n) is 15.4. The van der Waals surface area contributed by atoms with Crippen LogP contribution in [0.4, 0.5) is 0 Å². The first-order chi connectivity index (χ1) is 13.8. The molecule has 0 N–H and O–H groups in total. The average molecular weight is 369 g/mol. The van der Waals surface area contributed by atoms with Gasteiger partial charge < -0.3 is 4.57 Å². The first-order valence-electron chi connectivity index (χ1n) is 9.19. The van der Waals surface area contributed by atoms with Crippen molar-refractivity contribution >= 4 is 5.65 Å². The SMILES string of the molecule is C[C@@H](Cn1cccn1)n1cnc(-c2ccccc2)c1-c1cnn2cccnc12. The van der Waals surface area contributed by atoms with E-state index in [-0.39, 0.29) is 6.04 Å². The Morgan fingerprint density at radius 3 is 2.61 bits per heavy atom. The van der Waals surface area contributed by atoms with Crippen LogP contribution in [-0.2, 0) is 6.54 Å². The lowest BCUT2D eigenvalue weighted by atomic mass is 10.1. The van der Waals surface area contributed by atoms with E-state index < -0.39 is 0 Å². The Kier molecular flexibility index (Phi) is 3.97. The van der Waals surface area contributed by atoms with E-state index >= 15 is 0 Å². The predicted octanol–water partition coefficient (Wildman–Crippen LogP) is 3.72. The highest BCUT2D eigenvalue weighted by atomic mass is 15.3. The Hall–Kier alpha value is -3.74. The fourth-order valence-corrected chi connectivity index (χ4v) is 3.53. The summed E-state index contributed by atoms with van der Waals surface area (Å²) in [4.78, 5) is 9.32. The Bertz CT molecular complexity index is 1200. The highest BCUT2D eigenvalue weighted by Gasteiger charge is 2.22. The maximum Gasteiger partial charge on any atom is 0.164 e. The first-order valence-corrected chi connectivity index (χ1v) is 9.19. The van der Waals surface area contributed by atoms with E-state index in [4.69, 9.17) is 4.98 Å². The van der Waals surface area contributed by atoms with Crippen molar-refractivity contribution in [2.24, 2.45) is 0 Å². The normalized spacial score (nSPS) is 12.5. The third-order valence-corrected chi connectivity index (χ3v) is 4.86. The van der Waals surface area contributed by atoms with Crippen LogP contribution in [0.15, 0.2) is 79.8 Å². The summed E-state index contributed by atoms with van der Waals surface area (Å²) in [6, 6.07) is 14.2. The van der Waals surface area contributed by atoms with Crippen molar-refractivity contribution in [2.45, 2.75) is 19.5 Å². The summed E-state index contributed by atoms with van der Waals surface area (Å²) in [5, 5.41) is 8.82. The molecule has 0 amide bonds.